The topological polar surface area (TPSA) is 50.8 Å². The number of aryl methyl sites for hydroxylation is 2. The van der Waals surface area contributed by atoms with Gasteiger partial charge in [-0.3, -0.25) is 9.69 Å². The molecule has 0 bridgehead atoms. The number of rotatable bonds is 6. The van der Waals surface area contributed by atoms with Gasteiger partial charge in [-0.2, -0.15) is 0 Å². The molecule has 0 radical (unpaired) electrons. The van der Waals surface area contributed by atoms with E-state index in [1.165, 1.54) is 19.3 Å². The Morgan fingerprint density at radius 2 is 1.79 bits per heavy atom. The average Bonchev–Trinajstić information content (AvgIpc) is 2.71. The van der Waals surface area contributed by atoms with Crippen molar-refractivity contribution in [1.82, 2.24) is 10.2 Å². The number of amides is 1. The van der Waals surface area contributed by atoms with Crippen molar-refractivity contribution < 1.29 is 14.3 Å². The van der Waals surface area contributed by atoms with Gasteiger partial charge in [0.25, 0.3) is 5.91 Å². The molecule has 1 saturated carbocycles. The van der Waals surface area contributed by atoms with Gasteiger partial charge in [0.1, 0.15) is 5.75 Å². The molecule has 1 aliphatic heterocycles. The fourth-order valence-electron chi connectivity index (χ4n) is 4.48. The molecular formula is C22H34Cl2N2O3. The molecule has 1 amide bonds. The van der Waals surface area contributed by atoms with Gasteiger partial charge in [-0.1, -0.05) is 30.9 Å². The van der Waals surface area contributed by atoms with E-state index in [9.17, 15) is 4.79 Å². The maximum atomic E-state index is 12.7. The first-order chi connectivity index (χ1) is 13.4. The molecule has 1 unspecified atom stereocenters. The summed E-state index contributed by atoms with van der Waals surface area (Å²) >= 11 is 6.23. The Morgan fingerprint density at radius 3 is 2.38 bits per heavy atom. The highest BCUT2D eigenvalue weighted by atomic mass is 35.5. The lowest BCUT2D eigenvalue weighted by molar-refractivity contribution is -0.128. The SMILES string of the molecule is Cc1cc(OC(C)C(=O)NCC2(N3CCOCC3)CCCCC2)cc(C)c1Cl.Cl. The average molecular weight is 445 g/mol. The number of ether oxygens (including phenoxy) is 2. The highest BCUT2D eigenvalue weighted by Gasteiger charge is 2.39. The van der Waals surface area contributed by atoms with Crippen LogP contribution in [0.25, 0.3) is 0 Å². The van der Waals surface area contributed by atoms with Crippen molar-refractivity contribution >= 4 is 29.9 Å². The zero-order chi connectivity index (χ0) is 20.1. The molecule has 164 valence electrons. The number of nitrogens with one attached hydrogen (secondary N) is 1. The molecule has 1 aromatic carbocycles. The third-order valence-electron chi connectivity index (χ3n) is 6.15. The minimum absolute atomic E-state index is 0. The zero-order valence-corrected chi connectivity index (χ0v) is 19.3. The van der Waals surface area contributed by atoms with Crippen molar-refractivity contribution in [1.29, 1.82) is 0 Å². The second-order valence-electron chi connectivity index (χ2n) is 8.23. The summed E-state index contributed by atoms with van der Waals surface area (Å²) in [5.41, 5.74) is 1.97. The Labute approximate surface area is 185 Å². The van der Waals surface area contributed by atoms with Crippen LogP contribution in [0.3, 0.4) is 0 Å². The lowest BCUT2D eigenvalue weighted by Crippen LogP contribution is -2.60. The Morgan fingerprint density at radius 1 is 1.21 bits per heavy atom. The molecule has 1 aromatic rings. The molecule has 1 saturated heterocycles. The number of benzene rings is 1. The number of hydrogen-bond donors (Lipinski definition) is 1. The molecule has 0 spiro atoms. The number of nitrogens with zero attached hydrogens (tertiary/aromatic N) is 1. The minimum atomic E-state index is -0.551. The number of hydrogen-bond acceptors (Lipinski definition) is 4. The standard InChI is InChI=1S/C22H33ClN2O3.ClH/c1-16-13-19(14-17(2)20(16)23)28-18(3)21(26)24-15-22(7-5-4-6-8-22)25-9-11-27-12-10-25;/h13-14,18H,4-12,15H2,1-3H3,(H,24,26);1H. The van der Waals surface area contributed by atoms with E-state index < -0.39 is 6.10 Å². The molecule has 0 aromatic heterocycles. The molecule has 2 aliphatic rings. The van der Waals surface area contributed by atoms with Crippen LogP contribution in [0.2, 0.25) is 5.02 Å². The summed E-state index contributed by atoms with van der Waals surface area (Å²) in [4.78, 5) is 15.3. The first kappa shape index (κ1) is 24.3. The summed E-state index contributed by atoms with van der Waals surface area (Å²) in [6.07, 6.45) is 5.46. The molecule has 3 rings (SSSR count). The Kier molecular flexibility index (Phi) is 9.08. The van der Waals surface area contributed by atoms with E-state index in [2.05, 4.69) is 10.2 Å². The van der Waals surface area contributed by atoms with Gasteiger partial charge in [-0.25, -0.2) is 0 Å². The van der Waals surface area contributed by atoms with Crippen LogP contribution in [0.5, 0.6) is 5.75 Å². The van der Waals surface area contributed by atoms with Crippen LogP contribution >= 0.6 is 24.0 Å². The van der Waals surface area contributed by atoms with Crippen LogP contribution in [0.1, 0.15) is 50.2 Å². The van der Waals surface area contributed by atoms with Crippen LogP contribution in [-0.4, -0.2) is 55.3 Å². The quantitative estimate of drug-likeness (QED) is 0.710. The molecule has 2 fully saturated rings. The van der Waals surface area contributed by atoms with Gasteiger partial charge in [0, 0.05) is 30.2 Å². The molecule has 5 nitrogen and oxygen atoms in total. The van der Waals surface area contributed by atoms with Gasteiger partial charge >= 0.3 is 0 Å². The normalized spacial score (nSPS) is 20.4. The number of carbonyl (C=O) groups excluding carboxylic acids is 1. The summed E-state index contributed by atoms with van der Waals surface area (Å²) < 4.78 is 11.4. The maximum absolute atomic E-state index is 12.7. The zero-order valence-electron chi connectivity index (χ0n) is 17.8. The second kappa shape index (κ2) is 10.9. The van der Waals surface area contributed by atoms with E-state index in [0.29, 0.717) is 12.3 Å². The third-order valence-corrected chi connectivity index (χ3v) is 6.75. The van der Waals surface area contributed by atoms with Gasteiger partial charge in [0.15, 0.2) is 6.10 Å². The van der Waals surface area contributed by atoms with Gasteiger partial charge in [-0.05, 0) is 56.9 Å². The first-order valence-corrected chi connectivity index (χ1v) is 10.8. The van der Waals surface area contributed by atoms with Crippen molar-refractivity contribution in [2.45, 2.75) is 64.5 Å². The van der Waals surface area contributed by atoms with Crippen molar-refractivity contribution in [3.63, 3.8) is 0 Å². The summed E-state index contributed by atoms with van der Waals surface area (Å²) in [5.74, 6) is 0.617. The predicted molar refractivity (Wildman–Crippen MR) is 119 cm³/mol. The van der Waals surface area contributed by atoms with E-state index >= 15 is 0 Å². The Hall–Kier alpha value is -1.01. The Bertz CT molecular complexity index is 664. The third kappa shape index (κ3) is 6.00. The smallest absolute Gasteiger partial charge is 0.260 e. The van der Waals surface area contributed by atoms with Gasteiger partial charge in [-0.15, -0.1) is 12.4 Å². The molecule has 1 aliphatic carbocycles. The van der Waals surface area contributed by atoms with E-state index in [-0.39, 0.29) is 23.9 Å². The number of morpholine rings is 1. The maximum Gasteiger partial charge on any atom is 0.260 e. The fraction of sp³-hybridized carbons (Fsp3) is 0.682. The monoisotopic (exact) mass is 444 g/mol. The highest BCUT2D eigenvalue weighted by molar-refractivity contribution is 6.32. The number of halogens is 2. The molecule has 1 N–H and O–H groups in total. The van der Waals surface area contributed by atoms with Gasteiger partial charge in [0.05, 0.1) is 13.2 Å². The van der Waals surface area contributed by atoms with Crippen LogP contribution in [-0.2, 0) is 9.53 Å². The summed E-state index contributed by atoms with van der Waals surface area (Å²) in [6.45, 7) is 9.84. The van der Waals surface area contributed by atoms with E-state index in [4.69, 9.17) is 21.1 Å². The van der Waals surface area contributed by atoms with Crippen LogP contribution in [0.4, 0.5) is 0 Å². The van der Waals surface area contributed by atoms with Crippen molar-refractivity contribution in [2.75, 3.05) is 32.8 Å². The largest absolute Gasteiger partial charge is 0.481 e. The highest BCUT2D eigenvalue weighted by Crippen LogP contribution is 2.34. The van der Waals surface area contributed by atoms with Crippen LogP contribution in [0, 0.1) is 13.8 Å². The van der Waals surface area contributed by atoms with E-state index in [0.717, 1.165) is 55.3 Å². The van der Waals surface area contributed by atoms with Crippen molar-refractivity contribution in [2.24, 2.45) is 0 Å². The molecule has 29 heavy (non-hydrogen) atoms. The predicted octanol–water partition coefficient (Wildman–Crippen LogP) is 4.30. The molecule has 1 atom stereocenters. The second-order valence-corrected chi connectivity index (χ2v) is 8.61. The summed E-state index contributed by atoms with van der Waals surface area (Å²) in [5, 5.41) is 3.92. The lowest BCUT2D eigenvalue weighted by atomic mass is 9.79. The summed E-state index contributed by atoms with van der Waals surface area (Å²) in [7, 11) is 0. The van der Waals surface area contributed by atoms with E-state index in [1.54, 1.807) is 6.92 Å². The minimum Gasteiger partial charge on any atom is -0.481 e. The fourth-order valence-corrected chi connectivity index (χ4v) is 4.59. The molecular weight excluding hydrogens is 411 g/mol. The van der Waals surface area contributed by atoms with Gasteiger partial charge < -0.3 is 14.8 Å². The van der Waals surface area contributed by atoms with Crippen LogP contribution < -0.4 is 10.1 Å². The number of carbonyl (C=O) groups is 1. The van der Waals surface area contributed by atoms with Crippen molar-refractivity contribution in [3.8, 4) is 5.75 Å². The van der Waals surface area contributed by atoms with Gasteiger partial charge in [0.2, 0.25) is 0 Å². The first-order valence-electron chi connectivity index (χ1n) is 10.5. The van der Waals surface area contributed by atoms with Crippen LogP contribution in [0.15, 0.2) is 12.1 Å². The van der Waals surface area contributed by atoms with Crippen molar-refractivity contribution in [3.05, 3.63) is 28.3 Å². The summed E-state index contributed by atoms with van der Waals surface area (Å²) in [6, 6.07) is 3.77. The van der Waals surface area contributed by atoms with E-state index in [1.807, 2.05) is 26.0 Å². The molecule has 7 heteroatoms. The lowest BCUT2D eigenvalue weighted by Gasteiger charge is -2.48. The molecule has 1 heterocycles. The Balaban J connectivity index is 0.00000300.